The zero-order chi connectivity index (χ0) is 54.5. The molecule has 4 aromatic carbocycles. The van der Waals surface area contributed by atoms with E-state index >= 15 is 0 Å². The van der Waals surface area contributed by atoms with Gasteiger partial charge in [0.15, 0.2) is 0 Å². The van der Waals surface area contributed by atoms with Crippen LogP contribution in [0.5, 0.6) is 0 Å². The molecule has 6 unspecified atom stereocenters. The normalized spacial score (nSPS) is 13.0. The Labute approximate surface area is 436 Å². The number of rotatable bonds is 24. The molecular formula is C59H66F2O14. The quantitative estimate of drug-likeness (QED) is 0.0412. The van der Waals surface area contributed by atoms with Gasteiger partial charge in [-0.05, 0) is 124 Å². The van der Waals surface area contributed by atoms with Crippen molar-refractivity contribution in [3.05, 3.63) is 191 Å². The maximum Gasteiger partial charge on any atom is 0.374 e. The van der Waals surface area contributed by atoms with Crippen LogP contribution in [0.25, 0.3) is 0 Å². The van der Waals surface area contributed by atoms with Crippen molar-refractivity contribution in [2.24, 2.45) is 0 Å². The van der Waals surface area contributed by atoms with E-state index in [0.717, 1.165) is 25.7 Å². The number of carbonyl (C=O) groups excluding carboxylic acids is 6. The number of alkyl halides is 2. The number of benzene rings is 4. The molecule has 0 radical (unpaired) electrons. The average molecular weight is 1040 g/mol. The standard InChI is InChI=1S/C23H28O4.C21H22F2O4.C15H16O6/c1-3-11-20(26-22(24)18-13-7-5-8-14-18)17-21(12-4-2)27-23(25)19-15-9-6-10-16-19;1-14(26-20(24)18-7-3-16(12-22)4-8-18)11-15(2)27-21(25)19-9-5-17(13-23)6-10-19;1-10(20-14(16)12-5-3-7-18-12)9-11(2)21-15(17)13-6-4-8-19-13/h5-10,13-16,20-21H,3-4,11-12,17H2,1-2H3;3-10,14-15H,11-13H2,1-2H3;3-8,10-11H,9H2,1-2H3. The van der Waals surface area contributed by atoms with Crippen LogP contribution in [-0.2, 0) is 41.8 Å². The zero-order valence-corrected chi connectivity index (χ0v) is 43.2. The second kappa shape index (κ2) is 32.3. The molecular weight excluding hydrogens is 971 g/mol. The highest BCUT2D eigenvalue weighted by molar-refractivity contribution is 5.91. The van der Waals surface area contributed by atoms with E-state index in [1.807, 2.05) is 50.2 Å². The van der Waals surface area contributed by atoms with Gasteiger partial charge in [0, 0.05) is 19.3 Å². The molecule has 0 saturated carbocycles. The van der Waals surface area contributed by atoms with E-state index in [1.165, 1.54) is 73.2 Å². The van der Waals surface area contributed by atoms with Crippen LogP contribution < -0.4 is 0 Å². The summed E-state index contributed by atoms with van der Waals surface area (Å²) in [5.74, 6) is -2.52. The number of halogens is 2. The molecule has 2 heterocycles. The van der Waals surface area contributed by atoms with Gasteiger partial charge in [-0.3, -0.25) is 0 Å². The lowest BCUT2D eigenvalue weighted by Gasteiger charge is -2.24. The lowest BCUT2D eigenvalue weighted by atomic mass is 10.0. The summed E-state index contributed by atoms with van der Waals surface area (Å²) in [4.78, 5) is 72.3. The van der Waals surface area contributed by atoms with Crippen molar-refractivity contribution < 1.29 is 74.8 Å². The van der Waals surface area contributed by atoms with Gasteiger partial charge in [-0.2, -0.15) is 0 Å². The summed E-state index contributed by atoms with van der Waals surface area (Å²) >= 11 is 0. The van der Waals surface area contributed by atoms with Crippen molar-refractivity contribution in [2.45, 2.75) is 136 Å². The van der Waals surface area contributed by atoms with Crippen molar-refractivity contribution in [2.75, 3.05) is 0 Å². The Morgan fingerprint density at radius 1 is 0.387 bits per heavy atom. The molecule has 0 aliphatic carbocycles. The van der Waals surface area contributed by atoms with E-state index in [-0.39, 0.29) is 35.7 Å². The van der Waals surface area contributed by atoms with Gasteiger partial charge in [0.25, 0.3) is 0 Å². The first kappa shape index (κ1) is 59.7. The lowest BCUT2D eigenvalue weighted by Crippen LogP contribution is -2.27. The summed E-state index contributed by atoms with van der Waals surface area (Å²) in [6.45, 7) is 9.76. The van der Waals surface area contributed by atoms with E-state index in [9.17, 15) is 37.5 Å². The predicted molar refractivity (Wildman–Crippen MR) is 274 cm³/mol. The minimum Gasteiger partial charge on any atom is -0.459 e. The molecule has 0 fully saturated rings. The molecule has 0 spiro atoms. The fraction of sp³-hybridized carbons (Fsp3) is 0.356. The maximum absolute atomic E-state index is 12.5. The summed E-state index contributed by atoms with van der Waals surface area (Å²) in [5, 5.41) is 0. The van der Waals surface area contributed by atoms with Gasteiger partial charge < -0.3 is 37.3 Å². The molecule has 0 bridgehead atoms. The molecule has 0 saturated heterocycles. The van der Waals surface area contributed by atoms with Crippen LogP contribution >= 0.6 is 0 Å². The van der Waals surface area contributed by atoms with Crippen LogP contribution in [0.4, 0.5) is 8.78 Å². The number of ether oxygens (including phenoxy) is 6. The Bertz CT molecular complexity index is 2420. The molecule has 400 valence electrons. The minimum absolute atomic E-state index is 0.141. The Morgan fingerprint density at radius 3 is 0.987 bits per heavy atom. The Hall–Kier alpha value is -7.88. The smallest absolute Gasteiger partial charge is 0.374 e. The summed E-state index contributed by atoms with van der Waals surface area (Å²) in [6, 6.07) is 36.3. The highest BCUT2D eigenvalue weighted by Gasteiger charge is 2.25. The topological polar surface area (TPSA) is 184 Å². The van der Waals surface area contributed by atoms with E-state index in [2.05, 4.69) is 0 Å². The third-order valence-electron chi connectivity index (χ3n) is 11.0. The Kier molecular flexibility index (Phi) is 25.7. The largest absolute Gasteiger partial charge is 0.459 e. The molecule has 0 aliphatic heterocycles. The molecule has 2 aromatic heterocycles. The van der Waals surface area contributed by atoms with Crippen LogP contribution in [0.1, 0.15) is 160 Å². The van der Waals surface area contributed by atoms with Crippen molar-refractivity contribution in [3.8, 4) is 0 Å². The predicted octanol–water partition coefficient (Wildman–Crippen LogP) is 13.3. The maximum atomic E-state index is 12.5. The Morgan fingerprint density at radius 2 is 0.693 bits per heavy atom. The fourth-order valence-electron chi connectivity index (χ4n) is 7.33. The summed E-state index contributed by atoms with van der Waals surface area (Å²) in [6.07, 6.45) is 4.92. The number of carbonyl (C=O) groups is 6. The first-order valence-corrected chi connectivity index (χ1v) is 24.8. The first-order valence-electron chi connectivity index (χ1n) is 24.8. The fourth-order valence-corrected chi connectivity index (χ4v) is 7.33. The highest BCUT2D eigenvalue weighted by atomic mass is 19.1. The number of esters is 6. The van der Waals surface area contributed by atoms with Gasteiger partial charge in [0.2, 0.25) is 11.5 Å². The van der Waals surface area contributed by atoms with Crippen molar-refractivity contribution in [3.63, 3.8) is 0 Å². The van der Waals surface area contributed by atoms with Crippen LogP contribution in [0.2, 0.25) is 0 Å². The van der Waals surface area contributed by atoms with Gasteiger partial charge in [-0.25, -0.2) is 37.5 Å². The first-order chi connectivity index (χ1) is 36.1. The van der Waals surface area contributed by atoms with Gasteiger partial charge in [-0.1, -0.05) is 87.4 Å². The van der Waals surface area contributed by atoms with Crippen molar-refractivity contribution >= 4 is 35.8 Å². The van der Waals surface area contributed by atoms with Crippen LogP contribution in [-0.4, -0.2) is 72.4 Å². The molecule has 6 rings (SSSR count). The second-order valence-electron chi connectivity index (χ2n) is 17.6. The SMILES string of the molecule is CC(CC(C)OC(=O)c1ccc(CF)cc1)OC(=O)c1ccc(CF)cc1.CC(CC(C)OC(=O)c1ccco1)OC(=O)c1ccco1.CCCC(CC(CCC)OC(=O)c1ccccc1)OC(=O)c1ccccc1. The van der Waals surface area contributed by atoms with Gasteiger partial charge in [0.05, 0.1) is 34.8 Å². The minimum atomic E-state index is -0.592. The van der Waals surface area contributed by atoms with Crippen molar-refractivity contribution in [1.29, 1.82) is 0 Å². The molecule has 0 N–H and O–H groups in total. The van der Waals surface area contributed by atoms with Gasteiger partial charge >= 0.3 is 35.8 Å². The summed E-state index contributed by atoms with van der Waals surface area (Å²) < 4.78 is 67.4. The monoisotopic (exact) mass is 1040 g/mol. The molecule has 14 nitrogen and oxygen atoms in total. The molecule has 6 atom stereocenters. The van der Waals surface area contributed by atoms with Gasteiger partial charge in [-0.15, -0.1) is 0 Å². The van der Waals surface area contributed by atoms with E-state index in [4.69, 9.17) is 37.3 Å². The molecule has 6 aromatic rings. The Balaban J connectivity index is 0.000000246. The second-order valence-corrected chi connectivity index (χ2v) is 17.6. The molecule has 16 heteroatoms. The highest BCUT2D eigenvalue weighted by Crippen LogP contribution is 2.20. The van der Waals surface area contributed by atoms with Crippen LogP contribution in [0.3, 0.4) is 0 Å². The van der Waals surface area contributed by atoms with Gasteiger partial charge in [0.1, 0.15) is 50.0 Å². The average Bonchev–Trinajstić information content (AvgIpc) is 4.17. The third kappa shape index (κ3) is 21.6. The van der Waals surface area contributed by atoms with E-state index in [1.54, 1.807) is 64.1 Å². The van der Waals surface area contributed by atoms with Crippen LogP contribution in [0.15, 0.2) is 155 Å². The van der Waals surface area contributed by atoms with Crippen LogP contribution in [0, 0.1) is 0 Å². The summed E-state index contributed by atoms with van der Waals surface area (Å²) in [7, 11) is 0. The molecule has 0 amide bonds. The van der Waals surface area contributed by atoms with E-state index < -0.39 is 61.6 Å². The lowest BCUT2D eigenvalue weighted by molar-refractivity contribution is -0.00468. The summed E-state index contributed by atoms with van der Waals surface area (Å²) in [5.41, 5.74) is 2.70. The van der Waals surface area contributed by atoms with Crippen molar-refractivity contribution in [1.82, 2.24) is 0 Å². The third-order valence-corrected chi connectivity index (χ3v) is 11.0. The number of furan rings is 2. The number of hydrogen-bond acceptors (Lipinski definition) is 14. The van der Waals surface area contributed by atoms with E-state index in [0.29, 0.717) is 52.6 Å². The zero-order valence-electron chi connectivity index (χ0n) is 43.2. The molecule has 0 aliphatic rings. The number of hydrogen-bond donors (Lipinski definition) is 0. The molecule has 75 heavy (non-hydrogen) atoms.